The van der Waals surface area contributed by atoms with Crippen molar-refractivity contribution >= 4 is 5.91 Å². The highest BCUT2D eigenvalue weighted by Gasteiger charge is 2.39. The lowest BCUT2D eigenvalue weighted by Crippen LogP contribution is -2.39. The van der Waals surface area contributed by atoms with E-state index in [4.69, 9.17) is 5.73 Å². The van der Waals surface area contributed by atoms with E-state index >= 15 is 0 Å². The van der Waals surface area contributed by atoms with Crippen LogP contribution in [0.4, 0.5) is 0 Å². The summed E-state index contributed by atoms with van der Waals surface area (Å²) < 4.78 is 0. The first-order valence-corrected chi connectivity index (χ1v) is 6.84. The highest BCUT2D eigenvalue weighted by molar-refractivity contribution is 5.77. The molecular formula is C13H25N3O. The number of amides is 1. The van der Waals surface area contributed by atoms with Crippen LogP contribution in [-0.4, -0.2) is 44.0 Å². The van der Waals surface area contributed by atoms with E-state index in [2.05, 4.69) is 10.2 Å². The molecular weight excluding hydrogens is 214 g/mol. The first kappa shape index (κ1) is 12.8. The van der Waals surface area contributed by atoms with Gasteiger partial charge in [-0.1, -0.05) is 6.42 Å². The van der Waals surface area contributed by atoms with E-state index in [-0.39, 0.29) is 5.91 Å². The molecule has 2 aliphatic carbocycles. The Bertz CT molecular complexity index is 269. The summed E-state index contributed by atoms with van der Waals surface area (Å²) >= 11 is 0. The van der Waals surface area contributed by atoms with Gasteiger partial charge in [0.1, 0.15) is 0 Å². The van der Waals surface area contributed by atoms with Crippen LogP contribution in [0.1, 0.15) is 25.7 Å². The summed E-state index contributed by atoms with van der Waals surface area (Å²) in [6.45, 7) is 2.69. The first-order valence-electron chi connectivity index (χ1n) is 6.84. The molecule has 2 fully saturated rings. The van der Waals surface area contributed by atoms with Crippen LogP contribution in [0.3, 0.4) is 0 Å². The van der Waals surface area contributed by atoms with E-state index in [1.165, 1.54) is 25.7 Å². The molecule has 0 aromatic heterocycles. The van der Waals surface area contributed by atoms with Gasteiger partial charge in [0, 0.05) is 19.6 Å². The van der Waals surface area contributed by atoms with Crippen LogP contribution in [0, 0.1) is 17.8 Å². The molecule has 2 rings (SSSR count). The topological polar surface area (TPSA) is 58.4 Å². The molecule has 2 saturated carbocycles. The summed E-state index contributed by atoms with van der Waals surface area (Å²) in [6, 6.07) is 0. The Morgan fingerprint density at radius 1 is 1.41 bits per heavy atom. The summed E-state index contributed by atoms with van der Waals surface area (Å²) in [5, 5.41) is 2.82. The Labute approximate surface area is 104 Å². The minimum absolute atomic E-state index is 0.0982. The number of nitrogens with zero attached hydrogens (tertiary/aromatic N) is 1. The van der Waals surface area contributed by atoms with Crippen LogP contribution in [0.5, 0.6) is 0 Å². The number of nitrogens with one attached hydrogen (secondary N) is 1. The fourth-order valence-electron chi connectivity index (χ4n) is 3.58. The second-order valence-electron chi connectivity index (χ2n) is 5.77. The average molecular weight is 239 g/mol. The zero-order valence-electron chi connectivity index (χ0n) is 10.8. The lowest BCUT2D eigenvalue weighted by Gasteiger charge is -2.26. The SMILES string of the molecule is CN(CC(=O)NCCN)CC1CC2CCC1C2. The van der Waals surface area contributed by atoms with Crippen molar-refractivity contribution in [3.63, 3.8) is 0 Å². The number of likely N-dealkylation sites (N-methyl/N-ethyl adjacent to an activating group) is 1. The Kier molecular flexibility index (Phi) is 4.40. The Hall–Kier alpha value is -0.610. The normalized spacial score (nSPS) is 31.1. The molecule has 3 atom stereocenters. The lowest BCUT2D eigenvalue weighted by molar-refractivity contribution is -0.122. The van der Waals surface area contributed by atoms with Crippen molar-refractivity contribution in [1.82, 2.24) is 10.2 Å². The molecule has 4 heteroatoms. The number of rotatable bonds is 6. The van der Waals surface area contributed by atoms with E-state index in [1.54, 1.807) is 0 Å². The maximum atomic E-state index is 11.5. The number of fused-ring (bicyclic) bond motifs is 2. The standard InChI is InChI=1S/C13H25N3O/c1-16(9-13(17)15-5-4-14)8-12-7-10-2-3-11(12)6-10/h10-12H,2-9,14H2,1H3,(H,15,17). The predicted octanol–water partition coefficient (Wildman–Crippen LogP) is 0.429. The Morgan fingerprint density at radius 3 is 2.82 bits per heavy atom. The van der Waals surface area contributed by atoms with Crippen LogP contribution in [0.25, 0.3) is 0 Å². The molecule has 17 heavy (non-hydrogen) atoms. The van der Waals surface area contributed by atoms with Crippen LogP contribution in [0.2, 0.25) is 0 Å². The lowest BCUT2D eigenvalue weighted by atomic mass is 9.88. The summed E-state index contributed by atoms with van der Waals surface area (Å²) in [6.07, 6.45) is 5.70. The average Bonchev–Trinajstić information content (AvgIpc) is 2.87. The maximum Gasteiger partial charge on any atom is 0.234 e. The minimum atomic E-state index is 0.0982. The minimum Gasteiger partial charge on any atom is -0.354 e. The van der Waals surface area contributed by atoms with Crippen LogP contribution < -0.4 is 11.1 Å². The van der Waals surface area contributed by atoms with Gasteiger partial charge in [-0.05, 0) is 44.1 Å². The van der Waals surface area contributed by atoms with Crippen molar-refractivity contribution in [2.75, 3.05) is 33.2 Å². The molecule has 0 saturated heterocycles. The van der Waals surface area contributed by atoms with Crippen molar-refractivity contribution in [3.8, 4) is 0 Å². The van der Waals surface area contributed by atoms with E-state index in [0.29, 0.717) is 19.6 Å². The van der Waals surface area contributed by atoms with Gasteiger partial charge in [0.15, 0.2) is 0 Å². The third kappa shape index (κ3) is 3.42. The molecule has 2 aliphatic rings. The molecule has 0 heterocycles. The molecule has 0 radical (unpaired) electrons. The second-order valence-corrected chi connectivity index (χ2v) is 5.77. The Morgan fingerprint density at radius 2 is 2.24 bits per heavy atom. The van der Waals surface area contributed by atoms with Crippen LogP contribution in [-0.2, 0) is 4.79 Å². The zero-order valence-corrected chi connectivity index (χ0v) is 10.8. The zero-order chi connectivity index (χ0) is 12.3. The Balaban J connectivity index is 1.67. The molecule has 0 aromatic carbocycles. The number of hydrogen-bond donors (Lipinski definition) is 2. The molecule has 3 N–H and O–H groups in total. The largest absolute Gasteiger partial charge is 0.354 e. The molecule has 0 aliphatic heterocycles. The van der Waals surface area contributed by atoms with Crippen molar-refractivity contribution in [3.05, 3.63) is 0 Å². The van der Waals surface area contributed by atoms with Crippen molar-refractivity contribution in [1.29, 1.82) is 0 Å². The van der Waals surface area contributed by atoms with Crippen molar-refractivity contribution in [2.24, 2.45) is 23.5 Å². The summed E-state index contributed by atoms with van der Waals surface area (Å²) in [7, 11) is 2.05. The van der Waals surface area contributed by atoms with Gasteiger partial charge in [-0.2, -0.15) is 0 Å². The second kappa shape index (κ2) is 5.83. The molecule has 98 valence electrons. The van der Waals surface area contributed by atoms with Crippen LogP contribution >= 0.6 is 0 Å². The smallest absolute Gasteiger partial charge is 0.234 e. The molecule has 0 spiro atoms. The van der Waals surface area contributed by atoms with E-state index in [0.717, 1.165) is 24.3 Å². The van der Waals surface area contributed by atoms with Gasteiger partial charge in [-0.3, -0.25) is 9.69 Å². The van der Waals surface area contributed by atoms with Gasteiger partial charge in [0.25, 0.3) is 0 Å². The van der Waals surface area contributed by atoms with Gasteiger partial charge in [-0.15, -0.1) is 0 Å². The van der Waals surface area contributed by atoms with E-state index in [1.807, 2.05) is 7.05 Å². The quantitative estimate of drug-likeness (QED) is 0.706. The number of nitrogens with two attached hydrogens (primary N) is 1. The van der Waals surface area contributed by atoms with E-state index < -0.39 is 0 Å². The summed E-state index contributed by atoms with van der Waals surface area (Å²) in [5.74, 6) is 2.86. The predicted molar refractivity (Wildman–Crippen MR) is 68.5 cm³/mol. The molecule has 1 amide bonds. The number of carbonyl (C=O) groups is 1. The first-order chi connectivity index (χ1) is 8.19. The molecule has 3 unspecified atom stereocenters. The molecule has 2 bridgehead atoms. The monoisotopic (exact) mass is 239 g/mol. The highest BCUT2D eigenvalue weighted by Crippen LogP contribution is 2.48. The van der Waals surface area contributed by atoms with Gasteiger partial charge in [0.2, 0.25) is 5.91 Å². The van der Waals surface area contributed by atoms with Crippen molar-refractivity contribution in [2.45, 2.75) is 25.7 Å². The van der Waals surface area contributed by atoms with Gasteiger partial charge < -0.3 is 11.1 Å². The van der Waals surface area contributed by atoms with Crippen LogP contribution in [0.15, 0.2) is 0 Å². The fourth-order valence-corrected chi connectivity index (χ4v) is 3.58. The summed E-state index contributed by atoms with van der Waals surface area (Å²) in [5.41, 5.74) is 5.35. The third-order valence-corrected chi connectivity index (χ3v) is 4.31. The number of carbonyl (C=O) groups excluding carboxylic acids is 1. The third-order valence-electron chi connectivity index (χ3n) is 4.31. The van der Waals surface area contributed by atoms with E-state index in [9.17, 15) is 4.79 Å². The summed E-state index contributed by atoms with van der Waals surface area (Å²) in [4.78, 5) is 13.7. The maximum absolute atomic E-state index is 11.5. The molecule has 4 nitrogen and oxygen atoms in total. The van der Waals surface area contributed by atoms with Gasteiger partial charge in [0.05, 0.1) is 6.54 Å². The van der Waals surface area contributed by atoms with Crippen molar-refractivity contribution < 1.29 is 4.79 Å². The highest BCUT2D eigenvalue weighted by atomic mass is 16.2. The fraction of sp³-hybridized carbons (Fsp3) is 0.923. The van der Waals surface area contributed by atoms with Gasteiger partial charge >= 0.3 is 0 Å². The number of hydrogen-bond acceptors (Lipinski definition) is 3. The molecule has 0 aromatic rings. The van der Waals surface area contributed by atoms with Gasteiger partial charge in [-0.25, -0.2) is 0 Å².